The fraction of sp³-hybridized carbons (Fsp3) is 0. The topological polar surface area (TPSA) is 106 Å². The molecule has 5 aromatic heterocycles. The van der Waals surface area contributed by atoms with Gasteiger partial charge in [0, 0.05) is 51.6 Å². The van der Waals surface area contributed by atoms with Gasteiger partial charge in [0.05, 0.1) is 27.6 Å². The molecule has 5 heterocycles. The van der Waals surface area contributed by atoms with E-state index in [0.717, 1.165) is 66.4 Å². The molecule has 0 unspecified atom stereocenters. The maximum absolute atomic E-state index is 6.96. The average Bonchev–Trinajstić information content (AvgIpc) is 3.79. The summed E-state index contributed by atoms with van der Waals surface area (Å²) in [5.74, 6) is 4.28. The van der Waals surface area contributed by atoms with E-state index < -0.39 is 0 Å². The van der Waals surface area contributed by atoms with Crippen LogP contribution in [-0.2, 0) is 0 Å². The molecule has 0 N–H and O–H groups in total. The summed E-state index contributed by atoms with van der Waals surface area (Å²) in [6, 6.07) is 54.7. The van der Waals surface area contributed by atoms with Crippen LogP contribution in [0.5, 0.6) is 23.0 Å². The quantitative estimate of drug-likeness (QED) is 0.151. The summed E-state index contributed by atoms with van der Waals surface area (Å²) in [6.07, 6.45) is 4.92. The minimum absolute atomic E-state index is 0.327. The molecule has 274 valence electrons. The number of hydrogen-bond acceptors (Lipinski definition) is 8. The third-order valence-corrected chi connectivity index (χ3v) is 10.3. The Bertz CT molecular complexity index is 3100. The second-order valence-corrected chi connectivity index (χ2v) is 13.7. The van der Waals surface area contributed by atoms with Crippen molar-refractivity contribution in [1.29, 1.82) is 0 Å². The molecule has 0 bridgehead atoms. The molecule has 0 amide bonds. The monoisotopic (exact) mass is 750 g/mol. The predicted octanol–water partition coefficient (Wildman–Crippen LogP) is 11.2. The summed E-state index contributed by atoms with van der Waals surface area (Å²) in [4.78, 5) is 9.43. The molecule has 6 aromatic carbocycles. The van der Waals surface area contributed by atoms with Crippen molar-refractivity contribution in [3.63, 3.8) is 0 Å². The fourth-order valence-electron chi connectivity index (χ4n) is 7.84. The molecule has 0 aliphatic rings. The van der Waals surface area contributed by atoms with Gasteiger partial charge in [-0.15, -0.1) is 20.4 Å². The van der Waals surface area contributed by atoms with Gasteiger partial charge >= 0.3 is 0 Å². The van der Waals surface area contributed by atoms with E-state index >= 15 is 0 Å². The summed E-state index contributed by atoms with van der Waals surface area (Å²) < 4.78 is 18.3. The van der Waals surface area contributed by atoms with Gasteiger partial charge in [0.25, 0.3) is 0 Å². The molecule has 0 radical (unpaired) electrons. The molecular weight excluding hydrogens is 721 g/mol. The zero-order valence-electron chi connectivity index (χ0n) is 30.7. The summed E-state index contributed by atoms with van der Waals surface area (Å²) >= 11 is 0. The second-order valence-electron chi connectivity index (χ2n) is 13.7. The molecule has 58 heavy (non-hydrogen) atoms. The zero-order chi connectivity index (χ0) is 38.4. The van der Waals surface area contributed by atoms with Crippen molar-refractivity contribution >= 4 is 43.6 Å². The van der Waals surface area contributed by atoms with Crippen LogP contribution in [0.4, 0.5) is 0 Å². The number of rotatable bonds is 8. The predicted molar refractivity (Wildman–Crippen MR) is 226 cm³/mol. The normalized spacial score (nSPS) is 11.4. The first kappa shape index (κ1) is 33.1. The van der Waals surface area contributed by atoms with Gasteiger partial charge in [0.2, 0.25) is 5.82 Å². The molecule has 0 saturated carbocycles. The standard InChI is InChI=1S/C48H30N8O2/c1-2-12-31(13-3-1)47-43(57-33-20-22-37-35-14-4-6-16-39(35)55(41(37)28-33)45-18-8-10-24-49-45)26-32(48-53-51-30-52-54-48)27-44(47)58-34-21-23-38-36-15-5-7-17-40(36)56(42(38)29-34)46-19-9-11-25-50-46/h1-30H. The molecule has 10 nitrogen and oxygen atoms in total. The van der Waals surface area contributed by atoms with E-state index in [1.54, 1.807) is 12.4 Å². The van der Waals surface area contributed by atoms with Crippen molar-refractivity contribution < 1.29 is 9.47 Å². The van der Waals surface area contributed by atoms with E-state index in [1.165, 1.54) is 6.33 Å². The molecule has 11 rings (SSSR count). The van der Waals surface area contributed by atoms with E-state index in [4.69, 9.17) is 19.4 Å². The molecule has 0 fully saturated rings. The summed E-state index contributed by atoms with van der Waals surface area (Å²) in [6.45, 7) is 0. The highest BCUT2D eigenvalue weighted by Crippen LogP contribution is 2.46. The molecule has 0 spiro atoms. The highest BCUT2D eigenvalue weighted by molar-refractivity contribution is 6.10. The first-order chi connectivity index (χ1) is 28.8. The van der Waals surface area contributed by atoms with E-state index in [1.807, 2.05) is 103 Å². The number of fused-ring (bicyclic) bond motifs is 6. The lowest BCUT2D eigenvalue weighted by atomic mass is 10.0. The van der Waals surface area contributed by atoms with Crippen LogP contribution in [0.2, 0.25) is 0 Å². The van der Waals surface area contributed by atoms with Crippen molar-refractivity contribution in [2.45, 2.75) is 0 Å². The van der Waals surface area contributed by atoms with Gasteiger partial charge in [-0.3, -0.25) is 9.13 Å². The van der Waals surface area contributed by atoms with E-state index in [2.05, 4.69) is 90.2 Å². The number of para-hydroxylation sites is 2. The van der Waals surface area contributed by atoms with Crippen LogP contribution in [0, 0.1) is 0 Å². The SMILES string of the molecule is c1ccc(-c2c(Oc3ccc4c5ccccc5n(-c5ccccn5)c4c3)cc(-c3nncnn3)cc2Oc2ccc3c4ccccc4n(-c4ccccn4)c3c2)cc1. The highest BCUT2D eigenvalue weighted by Gasteiger charge is 2.22. The first-order valence-corrected chi connectivity index (χ1v) is 18.8. The van der Waals surface area contributed by atoms with Gasteiger partial charge < -0.3 is 9.47 Å². The van der Waals surface area contributed by atoms with E-state index in [-0.39, 0.29) is 0 Å². The third kappa shape index (κ3) is 5.67. The molecule has 10 heteroatoms. The number of aromatic nitrogens is 8. The van der Waals surface area contributed by atoms with Crippen molar-refractivity contribution in [1.82, 2.24) is 39.5 Å². The average molecular weight is 751 g/mol. The number of hydrogen-bond donors (Lipinski definition) is 0. The van der Waals surface area contributed by atoms with Crippen LogP contribution in [0.25, 0.3) is 77.8 Å². The van der Waals surface area contributed by atoms with Crippen molar-refractivity contribution in [3.8, 4) is 57.1 Å². The van der Waals surface area contributed by atoms with Gasteiger partial charge in [-0.2, -0.15) is 0 Å². The fourth-order valence-corrected chi connectivity index (χ4v) is 7.84. The van der Waals surface area contributed by atoms with Gasteiger partial charge in [-0.1, -0.05) is 78.9 Å². The molecule has 11 aromatic rings. The Balaban J connectivity index is 1.10. The number of pyridine rings is 2. The Morgan fingerprint density at radius 2 is 0.879 bits per heavy atom. The smallest absolute Gasteiger partial charge is 0.203 e. The Morgan fingerprint density at radius 3 is 1.40 bits per heavy atom. The van der Waals surface area contributed by atoms with Crippen LogP contribution in [-0.4, -0.2) is 39.5 Å². The summed E-state index contributed by atoms with van der Waals surface area (Å²) in [5.41, 5.74) is 6.30. The van der Waals surface area contributed by atoms with E-state index in [0.29, 0.717) is 34.4 Å². The summed E-state index contributed by atoms with van der Waals surface area (Å²) in [7, 11) is 0. The number of benzene rings is 6. The van der Waals surface area contributed by atoms with Crippen LogP contribution in [0.3, 0.4) is 0 Å². The van der Waals surface area contributed by atoms with Crippen molar-refractivity contribution in [3.05, 3.63) is 183 Å². The van der Waals surface area contributed by atoms with Crippen LogP contribution >= 0.6 is 0 Å². The van der Waals surface area contributed by atoms with Crippen LogP contribution in [0.15, 0.2) is 183 Å². The van der Waals surface area contributed by atoms with E-state index in [9.17, 15) is 0 Å². The second kappa shape index (κ2) is 13.8. The lowest BCUT2D eigenvalue weighted by Crippen LogP contribution is -1.99. The number of nitrogens with zero attached hydrogens (tertiary/aromatic N) is 8. The lowest BCUT2D eigenvalue weighted by molar-refractivity contribution is 0.464. The highest BCUT2D eigenvalue weighted by atomic mass is 16.5. The lowest BCUT2D eigenvalue weighted by Gasteiger charge is -2.18. The maximum atomic E-state index is 6.96. The van der Waals surface area contributed by atoms with Gasteiger partial charge in [0.15, 0.2) is 6.33 Å². The zero-order valence-corrected chi connectivity index (χ0v) is 30.7. The Kier molecular flexibility index (Phi) is 7.88. The Hall–Kier alpha value is -8.24. The number of ether oxygens (including phenoxy) is 2. The van der Waals surface area contributed by atoms with Crippen molar-refractivity contribution in [2.75, 3.05) is 0 Å². The molecule has 0 aliphatic heterocycles. The largest absolute Gasteiger partial charge is 0.456 e. The van der Waals surface area contributed by atoms with Crippen molar-refractivity contribution in [2.24, 2.45) is 0 Å². The van der Waals surface area contributed by atoms with Gasteiger partial charge in [0.1, 0.15) is 34.6 Å². The Labute approximate surface area is 331 Å². The molecule has 0 saturated heterocycles. The minimum Gasteiger partial charge on any atom is -0.456 e. The molecule has 0 atom stereocenters. The first-order valence-electron chi connectivity index (χ1n) is 18.8. The third-order valence-electron chi connectivity index (χ3n) is 10.3. The molecule has 0 aliphatic carbocycles. The van der Waals surface area contributed by atoms with Crippen LogP contribution in [0.1, 0.15) is 0 Å². The van der Waals surface area contributed by atoms with Gasteiger partial charge in [-0.25, -0.2) is 9.97 Å². The molecular formula is C48H30N8O2. The Morgan fingerprint density at radius 1 is 0.397 bits per heavy atom. The van der Waals surface area contributed by atoms with Crippen LogP contribution < -0.4 is 9.47 Å². The summed E-state index contributed by atoms with van der Waals surface area (Å²) in [5, 5.41) is 21.1. The maximum Gasteiger partial charge on any atom is 0.203 e. The van der Waals surface area contributed by atoms with Gasteiger partial charge in [-0.05, 0) is 78.4 Å². The minimum atomic E-state index is 0.327.